The summed E-state index contributed by atoms with van der Waals surface area (Å²) in [6.07, 6.45) is 1.09. The van der Waals surface area contributed by atoms with Gasteiger partial charge in [0.1, 0.15) is 4.99 Å². The van der Waals surface area contributed by atoms with E-state index >= 15 is 0 Å². The van der Waals surface area contributed by atoms with Crippen molar-refractivity contribution in [2.24, 2.45) is 11.7 Å². The quantitative estimate of drug-likeness (QED) is 0.773. The highest BCUT2D eigenvalue weighted by molar-refractivity contribution is 7.99. The van der Waals surface area contributed by atoms with Crippen LogP contribution in [0.4, 0.5) is 0 Å². The van der Waals surface area contributed by atoms with E-state index in [9.17, 15) is 8.42 Å². The van der Waals surface area contributed by atoms with Gasteiger partial charge >= 0.3 is 0 Å². The SMILES string of the molecule is NC(=S)c1cccc(CS(=O)(=O)NCC2CCSC2)c1. The molecule has 1 aliphatic rings. The largest absolute Gasteiger partial charge is 0.389 e. The minimum Gasteiger partial charge on any atom is -0.389 e. The lowest BCUT2D eigenvalue weighted by Gasteiger charge is -2.11. The molecule has 0 radical (unpaired) electrons. The molecule has 1 fully saturated rings. The molecule has 3 N–H and O–H groups in total. The first-order valence-electron chi connectivity index (χ1n) is 6.40. The fraction of sp³-hybridized carbons (Fsp3) is 0.462. The van der Waals surface area contributed by atoms with Gasteiger partial charge in [-0.25, -0.2) is 13.1 Å². The molecule has 1 saturated heterocycles. The number of nitrogens with one attached hydrogen (secondary N) is 1. The molecule has 1 aliphatic heterocycles. The van der Waals surface area contributed by atoms with Crippen LogP contribution < -0.4 is 10.5 Å². The number of hydrogen-bond donors (Lipinski definition) is 2. The highest BCUT2D eigenvalue weighted by atomic mass is 32.2. The number of rotatable bonds is 6. The highest BCUT2D eigenvalue weighted by Gasteiger charge is 2.19. The van der Waals surface area contributed by atoms with E-state index in [-0.39, 0.29) is 10.7 Å². The van der Waals surface area contributed by atoms with Crippen LogP contribution in [0.2, 0.25) is 0 Å². The fourth-order valence-corrected chi connectivity index (χ4v) is 4.70. The van der Waals surface area contributed by atoms with Crippen molar-refractivity contribution in [2.75, 3.05) is 18.1 Å². The van der Waals surface area contributed by atoms with Crippen molar-refractivity contribution in [1.82, 2.24) is 4.72 Å². The predicted molar refractivity (Wildman–Crippen MR) is 88.4 cm³/mol. The Morgan fingerprint density at radius 3 is 2.95 bits per heavy atom. The molecule has 1 aromatic rings. The number of sulfonamides is 1. The van der Waals surface area contributed by atoms with Gasteiger partial charge in [-0.2, -0.15) is 11.8 Å². The van der Waals surface area contributed by atoms with Crippen LogP contribution in [-0.4, -0.2) is 31.5 Å². The molecule has 0 aliphatic carbocycles. The molecular formula is C13H18N2O2S3. The first kappa shape index (κ1) is 15.8. The normalized spacial score (nSPS) is 19.1. The Bertz CT molecular complexity index is 581. The van der Waals surface area contributed by atoms with Crippen LogP contribution in [0, 0.1) is 5.92 Å². The summed E-state index contributed by atoms with van der Waals surface area (Å²) in [6, 6.07) is 7.05. The second-order valence-corrected chi connectivity index (χ2v) is 8.30. The zero-order chi connectivity index (χ0) is 14.6. The Morgan fingerprint density at radius 1 is 1.50 bits per heavy atom. The maximum atomic E-state index is 12.1. The summed E-state index contributed by atoms with van der Waals surface area (Å²) in [5.41, 5.74) is 6.94. The zero-order valence-corrected chi connectivity index (χ0v) is 13.5. The topological polar surface area (TPSA) is 72.2 Å². The first-order chi connectivity index (χ1) is 9.46. The van der Waals surface area contributed by atoms with Crippen molar-refractivity contribution in [3.63, 3.8) is 0 Å². The number of nitrogens with two attached hydrogens (primary N) is 1. The summed E-state index contributed by atoms with van der Waals surface area (Å²) >= 11 is 6.78. The monoisotopic (exact) mass is 330 g/mol. The minimum absolute atomic E-state index is 0.0384. The predicted octanol–water partition coefficient (Wildman–Crippen LogP) is 1.49. The Balaban J connectivity index is 1.96. The van der Waals surface area contributed by atoms with Crippen molar-refractivity contribution in [1.29, 1.82) is 0 Å². The molecule has 7 heteroatoms. The lowest BCUT2D eigenvalue weighted by molar-refractivity contribution is 0.545. The van der Waals surface area contributed by atoms with Crippen molar-refractivity contribution < 1.29 is 8.42 Å². The number of thioether (sulfide) groups is 1. The third-order valence-electron chi connectivity index (χ3n) is 3.18. The maximum absolute atomic E-state index is 12.1. The van der Waals surface area contributed by atoms with Gasteiger partial charge in [-0.1, -0.05) is 30.4 Å². The zero-order valence-electron chi connectivity index (χ0n) is 11.0. The van der Waals surface area contributed by atoms with Gasteiger partial charge in [-0.15, -0.1) is 0 Å². The Kier molecular flexibility index (Phi) is 5.42. The summed E-state index contributed by atoms with van der Waals surface area (Å²) in [4.78, 5) is 0.278. The molecule has 0 bridgehead atoms. The lowest BCUT2D eigenvalue weighted by atomic mass is 10.1. The van der Waals surface area contributed by atoms with Crippen LogP contribution in [0.5, 0.6) is 0 Å². The molecule has 1 unspecified atom stereocenters. The van der Waals surface area contributed by atoms with E-state index in [1.807, 2.05) is 11.8 Å². The van der Waals surface area contributed by atoms with Gasteiger partial charge in [0.05, 0.1) is 5.75 Å². The molecule has 0 spiro atoms. The Morgan fingerprint density at radius 2 is 2.30 bits per heavy atom. The van der Waals surface area contributed by atoms with E-state index in [4.69, 9.17) is 18.0 Å². The van der Waals surface area contributed by atoms with E-state index in [0.29, 0.717) is 23.6 Å². The molecule has 20 heavy (non-hydrogen) atoms. The number of thiocarbonyl (C=S) groups is 1. The van der Waals surface area contributed by atoms with E-state index in [1.165, 1.54) is 0 Å². The minimum atomic E-state index is -3.31. The second-order valence-electron chi connectivity index (χ2n) is 4.90. The molecule has 0 aromatic heterocycles. The molecule has 2 rings (SSSR count). The molecular weight excluding hydrogens is 312 g/mol. The van der Waals surface area contributed by atoms with Crippen molar-refractivity contribution >= 4 is 39.0 Å². The van der Waals surface area contributed by atoms with Gasteiger partial charge in [0.2, 0.25) is 10.0 Å². The maximum Gasteiger partial charge on any atom is 0.215 e. The van der Waals surface area contributed by atoms with E-state index < -0.39 is 10.0 Å². The van der Waals surface area contributed by atoms with Crippen LogP contribution in [-0.2, 0) is 15.8 Å². The first-order valence-corrected chi connectivity index (χ1v) is 9.61. The molecule has 1 atom stereocenters. The third kappa shape index (κ3) is 4.73. The lowest BCUT2D eigenvalue weighted by Crippen LogP contribution is -2.30. The van der Waals surface area contributed by atoms with Gasteiger partial charge in [-0.3, -0.25) is 0 Å². The average Bonchev–Trinajstić information content (AvgIpc) is 2.89. The smallest absolute Gasteiger partial charge is 0.215 e. The molecule has 110 valence electrons. The van der Waals surface area contributed by atoms with E-state index in [2.05, 4.69) is 4.72 Å². The highest BCUT2D eigenvalue weighted by Crippen LogP contribution is 2.22. The number of hydrogen-bond acceptors (Lipinski definition) is 4. The van der Waals surface area contributed by atoms with Gasteiger partial charge in [0, 0.05) is 12.1 Å². The molecule has 0 amide bonds. The summed E-state index contributed by atoms with van der Waals surface area (Å²) < 4.78 is 26.8. The van der Waals surface area contributed by atoms with Crippen molar-refractivity contribution in [3.05, 3.63) is 35.4 Å². The summed E-state index contributed by atoms with van der Waals surface area (Å²) in [5, 5.41) is 0. The van der Waals surface area contributed by atoms with E-state index in [1.54, 1.807) is 24.3 Å². The Hall–Kier alpha value is -0.630. The van der Waals surface area contributed by atoms with E-state index in [0.717, 1.165) is 17.9 Å². The van der Waals surface area contributed by atoms with Crippen molar-refractivity contribution in [2.45, 2.75) is 12.2 Å². The van der Waals surface area contributed by atoms with Gasteiger partial charge in [0.25, 0.3) is 0 Å². The number of benzene rings is 1. The third-order valence-corrected chi connectivity index (χ3v) is 5.97. The van der Waals surface area contributed by atoms with Crippen LogP contribution in [0.25, 0.3) is 0 Å². The van der Waals surface area contributed by atoms with Gasteiger partial charge < -0.3 is 5.73 Å². The second kappa shape index (κ2) is 6.89. The molecule has 0 saturated carbocycles. The van der Waals surface area contributed by atoms with Crippen LogP contribution in [0.15, 0.2) is 24.3 Å². The van der Waals surface area contributed by atoms with Crippen LogP contribution in [0.3, 0.4) is 0 Å². The standard InChI is InChI=1S/C13H18N2O2S3/c14-13(18)12-3-1-2-10(6-12)9-20(16,17)15-7-11-4-5-19-8-11/h1-3,6,11,15H,4-5,7-9H2,(H2,14,18). The van der Waals surface area contributed by atoms with Crippen molar-refractivity contribution in [3.8, 4) is 0 Å². The van der Waals surface area contributed by atoms with Gasteiger partial charge in [-0.05, 0) is 35.5 Å². The summed E-state index contributed by atoms with van der Waals surface area (Å²) in [5.74, 6) is 2.59. The summed E-state index contributed by atoms with van der Waals surface area (Å²) in [6.45, 7) is 0.532. The van der Waals surface area contributed by atoms with Gasteiger partial charge in [0.15, 0.2) is 0 Å². The molecule has 1 heterocycles. The molecule has 1 aromatic carbocycles. The fourth-order valence-electron chi connectivity index (χ4n) is 2.07. The summed E-state index contributed by atoms with van der Waals surface area (Å²) in [7, 11) is -3.31. The van der Waals surface area contributed by atoms with Crippen LogP contribution in [0.1, 0.15) is 17.5 Å². The Labute approximate surface area is 129 Å². The average molecular weight is 331 g/mol. The van der Waals surface area contributed by atoms with Crippen LogP contribution >= 0.6 is 24.0 Å². The molecule has 4 nitrogen and oxygen atoms in total.